The van der Waals surface area contributed by atoms with Gasteiger partial charge >= 0.3 is 57.1 Å². The van der Waals surface area contributed by atoms with Crippen LogP contribution in [0.2, 0.25) is 0 Å². The molecule has 0 aromatic heterocycles. The zero-order valence-corrected chi connectivity index (χ0v) is 31.1. The Morgan fingerprint density at radius 1 is 0.393 bits per heavy atom. The summed E-state index contributed by atoms with van der Waals surface area (Å²) in [7, 11) is -12.5. The molecule has 3 aromatic carbocycles. The number of hydrogen-bond acceptors (Lipinski definition) is 3. The summed E-state index contributed by atoms with van der Waals surface area (Å²) < 4.78 is 272. The second-order valence-electron chi connectivity index (χ2n) is 14.4. The van der Waals surface area contributed by atoms with Crippen LogP contribution in [0.4, 0.5) is 74.6 Å². The topological polar surface area (TPSA) is 43.4 Å². The van der Waals surface area contributed by atoms with Crippen LogP contribution in [0.25, 0.3) is 0 Å². The van der Waals surface area contributed by atoms with E-state index in [9.17, 15) is 65.5 Å². The van der Waals surface area contributed by atoms with Gasteiger partial charge in [-0.25, -0.2) is 3.63 Å². The van der Waals surface area contributed by atoms with E-state index in [2.05, 4.69) is 0 Å². The summed E-state index contributed by atoms with van der Waals surface area (Å²) in [6, 6.07) is 14.9. The fraction of sp³-hybridized carbons (Fsp3) is 0.471. The van der Waals surface area contributed by atoms with Crippen LogP contribution in [0.5, 0.6) is 0 Å². The minimum Gasteiger partial charge on any atom is -0.202 e. The highest BCUT2D eigenvalue weighted by molar-refractivity contribution is 8.33. The minimum absolute atomic E-state index is 0.472. The summed E-state index contributed by atoms with van der Waals surface area (Å²) in [6.45, 7) is 10.1. The second kappa shape index (κ2) is 13.9. The van der Waals surface area contributed by atoms with Crippen LogP contribution in [-0.4, -0.2) is 55.4 Å². The van der Waals surface area contributed by atoms with Crippen LogP contribution >= 0.6 is 10.3 Å². The molecule has 56 heavy (non-hydrogen) atoms. The van der Waals surface area contributed by atoms with Gasteiger partial charge in [-0.1, -0.05) is 84.0 Å². The van der Waals surface area contributed by atoms with Gasteiger partial charge in [0.2, 0.25) is 0 Å². The molecule has 0 amide bonds. The molecule has 3 rings (SSSR count). The number of benzene rings is 3. The number of halogens is 17. The van der Waals surface area contributed by atoms with E-state index in [1.54, 1.807) is 41.5 Å². The van der Waals surface area contributed by atoms with E-state index >= 15 is 17.6 Å². The van der Waals surface area contributed by atoms with Gasteiger partial charge in [0, 0.05) is 14.7 Å². The van der Waals surface area contributed by atoms with Crippen molar-refractivity contribution in [1.29, 1.82) is 0 Å². The summed E-state index contributed by atoms with van der Waals surface area (Å²) in [5.41, 5.74) is -0.388. The molecule has 0 bridgehead atoms. The second-order valence-corrected chi connectivity index (χ2v) is 18.9. The average Bonchev–Trinajstić information content (AvgIpc) is 3.05. The summed E-state index contributed by atoms with van der Waals surface area (Å²) in [6.07, 6.45) is -7.94. The van der Waals surface area contributed by atoms with Crippen molar-refractivity contribution in [3.8, 4) is 0 Å². The highest BCUT2D eigenvalue weighted by atomic mass is 32.3. The lowest BCUT2D eigenvalue weighted by molar-refractivity contribution is -0.458. The third-order valence-corrected chi connectivity index (χ3v) is 13.6. The molecule has 0 saturated carbocycles. The normalized spacial score (nSPS) is 15.6. The van der Waals surface area contributed by atoms with E-state index in [1.165, 1.54) is 30.3 Å². The molecule has 0 N–H and O–H groups in total. The molecule has 0 radical (unpaired) electrons. The lowest BCUT2D eigenvalue weighted by atomic mass is 9.87. The maximum absolute atomic E-state index is 15.6. The quantitative estimate of drug-likeness (QED) is 0.170. The zero-order valence-electron chi connectivity index (χ0n) is 29.5. The van der Waals surface area contributed by atoms with Gasteiger partial charge in [-0.15, -0.1) is 0 Å². The predicted octanol–water partition coefficient (Wildman–Crippen LogP) is 12.8. The predicted molar refractivity (Wildman–Crippen MR) is 170 cm³/mol. The molecule has 22 heteroatoms. The van der Waals surface area contributed by atoms with Crippen molar-refractivity contribution in [1.82, 2.24) is 0 Å². The molecule has 0 aliphatic carbocycles. The molecule has 0 atom stereocenters. The minimum atomic E-state index is -8.98. The number of rotatable bonds is 12. The van der Waals surface area contributed by atoms with Crippen LogP contribution < -0.4 is 0 Å². The van der Waals surface area contributed by atoms with E-state index < -0.39 is 92.9 Å². The summed E-state index contributed by atoms with van der Waals surface area (Å²) >= 11 is 0. The van der Waals surface area contributed by atoms with Crippen LogP contribution in [0.3, 0.4) is 0 Å². The molecular formula is C34H31F17O3S2. The van der Waals surface area contributed by atoms with Crippen molar-refractivity contribution in [2.75, 3.05) is 0 Å². The third-order valence-electron chi connectivity index (χ3n) is 8.38. The largest absolute Gasteiger partial charge is 0.460 e. The molecule has 3 nitrogen and oxygen atoms in total. The van der Waals surface area contributed by atoms with Crippen LogP contribution in [0, 0.1) is 0 Å². The van der Waals surface area contributed by atoms with E-state index in [0.29, 0.717) is 11.1 Å². The Morgan fingerprint density at radius 3 is 0.982 bits per heavy atom. The van der Waals surface area contributed by atoms with Gasteiger partial charge in [-0.2, -0.15) is 83.1 Å². The Labute approximate surface area is 310 Å². The van der Waals surface area contributed by atoms with Gasteiger partial charge in [0.15, 0.2) is 0 Å². The monoisotopic (exact) mass is 874 g/mol. The molecule has 3 aromatic rings. The molecular weight excluding hydrogens is 843 g/mol. The summed E-state index contributed by atoms with van der Waals surface area (Å²) in [5.74, 6) is -52.4. The van der Waals surface area contributed by atoms with Crippen LogP contribution in [0.15, 0.2) is 93.5 Å². The van der Waals surface area contributed by atoms with Crippen LogP contribution in [0.1, 0.15) is 52.7 Å². The molecule has 0 unspecified atom stereocenters. The molecule has 0 saturated heterocycles. The zero-order chi connectivity index (χ0) is 43.8. The molecule has 0 aliphatic rings. The van der Waals surface area contributed by atoms with E-state index in [-0.39, 0.29) is 0 Å². The van der Waals surface area contributed by atoms with E-state index in [1.807, 2.05) is 0 Å². The lowest BCUT2D eigenvalue weighted by Gasteiger charge is -2.44. The van der Waals surface area contributed by atoms with Crippen molar-refractivity contribution >= 4 is 20.4 Å². The first-order valence-electron chi connectivity index (χ1n) is 15.5. The first kappa shape index (κ1) is 47.1. The lowest BCUT2D eigenvalue weighted by Crippen LogP contribution is -2.75. The highest BCUT2D eigenvalue weighted by Crippen LogP contribution is 2.72. The maximum atomic E-state index is 15.6. The first-order valence-corrected chi connectivity index (χ1v) is 18.5. The Hall–Kier alpha value is -3.27. The maximum Gasteiger partial charge on any atom is 0.460 e. The van der Waals surface area contributed by atoms with Gasteiger partial charge in [-0.05, 0) is 68.7 Å². The standard InChI is InChI=1S/C34H31F17O3S2/c1-25(2,3)20-12-16-23(17-13-20)55(22-10-8-7-9-11-22,24-18-14-21(15-19-24)26(4,5)6)54-56(52,53)34(50,51)32(45,46)30(41,42)28(37,38)27(35,36)29(39,40)31(43,44)33(47,48)49/h7-19H,1-6H3. The number of hydrogen-bond donors (Lipinski definition) is 0. The van der Waals surface area contributed by atoms with Crippen molar-refractivity contribution in [2.45, 2.75) is 114 Å². The average molecular weight is 875 g/mol. The molecule has 0 heterocycles. The molecule has 0 aliphatic heterocycles. The Bertz CT molecular complexity index is 1910. The van der Waals surface area contributed by atoms with Gasteiger partial charge in [0.1, 0.15) is 0 Å². The Kier molecular flexibility index (Phi) is 11.7. The van der Waals surface area contributed by atoms with Gasteiger partial charge in [-0.3, -0.25) is 0 Å². The van der Waals surface area contributed by atoms with Gasteiger partial charge in [0.05, 0.1) is 0 Å². The van der Waals surface area contributed by atoms with Crippen LogP contribution in [-0.2, 0) is 24.6 Å². The van der Waals surface area contributed by atoms with Crippen molar-refractivity contribution in [3.05, 3.63) is 90.0 Å². The number of alkyl halides is 17. The van der Waals surface area contributed by atoms with Crippen molar-refractivity contribution in [3.63, 3.8) is 0 Å². The van der Waals surface area contributed by atoms with E-state index in [0.717, 1.165) is 48.5 Å². The SMILES string of the molecule is CC(C)(C)c1ccc(S(OS(=O)(=O)C(F)(F)C(F)(F)C(F)(F)C(F)(F)C(F)(F)C(F)(F)C(F)(F)C(F)(F)F)(c2ccccc2)c2ccc(C(C)(C)C)cc2)cc1. The Morgan fingerprint density at radius 2 is 0.679 bits per heavy atom. The summed E-state index contributed by atoms with van der Waals surface area (Å²) in [5, 5.41) is -7.88. The smallest absolute Gasteiger partial charge is 0.202 e. The summed E-state index contributed by atoms with van der Waals surface area (Å²) in [4.78, 5) is -1.42. The van der Waals surface area contributed by atoms with Gasteiger partial charge < -0.3 is 0 Å². The van der Waals surface area contributed by atoms with Gasteiger partial charge in [0.25, 0.3) is 0 Å². The van der Waals surface area contributed by atoms with Crippen molar-refractivity contribution in [2.24, 2.45) is 0 Å². The first-order chi connectivity index (χ1) is 24.7. The molecule has 0 spiro atoms. The fourth-order valence-electron chi connectivity index (χ4n) is 4.91. The molecule has 0 fully saturated rings. The highest BCUT2D eigenvalue weighted by Gasteiger charge is 2.96. The van der Waals surface area contributed by atoms with E-state index in [4.69, 9.17) is 3.63 Å². The van der Waals surface area contributed by atoms with Crippen molar-refractivity contribution < 1.29 is 86.7 Å². The fourth-order valence-corrected chi connectivity index (χ4v) is 10.1. The molecule has 316 valence electrons. The Balaban J connectivity index is 2.40. The third kappa shape index (κ3) is 7.12.